The van der Waals surface area contributed by atoms with Gasteiger partial charge in [0.25, 0.3) is 0 Å². The topological polar surface area (TPSA) is 70.6 Å². The SMILES string of the molecule is Cc1ccc(S(=O)(=O)CCC(=O)N2CCN(c3nc4ccccc4s3)CC2)cc1. The third-order valence-electron chi connectivity index (χ3n) is 5.15. The third kappa shape index (κ3) is 4.43. The van der Waals surface area contributed by atoms with Gasteiger partial charge in [-0.25, -0.2) is 13.4 Å². The van der Waals surface area contributed by atoms with Crippen molar-refractivity contribution in [3.8, 4) is 0 Å². The van der Waals surface area contributed by atoms with E-state index in [0.29, 0.717) is 26.2 Å². The molecule has 1 aliphatic rings. The molecule has 2 heterocycles. The molecule has 6 nitrogen and oxygen atoms in total. The fraction of sp³-hybridized carbons (Fsp3) is 0.333. The van der Waals surface area contributed by atoms with Crippen LogP contribution in [0.2, 0.25) is 0 Å². The molecular formula is C21H23N3O3S2. The van der Waals surface area contributed by atoms with E-state index in [4.69, 9.17) is 0 Å². The fourth-order valence-electron chi connectivity index (χ4n) is 3.39. The van der Waals surface area contributed by atoms with E-state index >= 15 is 0 Å². The lowest BCUT2D eigenvalue weighted by Gasteiger charge is -2.34. The summed E-state index contributed by atoms with van der Waals surface area (Å²) in [4.78, 5) is 21.4. The summed E-state index contributed by atoms with van der Waals surface area (Å²) in [5, 5.41) is 0.972. The molecule has 3 aromatic rings. The Morgan fingerprint density at radius 3 is 2.41 bits per heavy atom. The molecule has 0 N–H and O–H groups in total. The average molecular weight is 430 g/mol. The van der Waals surface area contributed by atoms with Gasteiger partial charge < -0.3 is 9.80 Å². The number of carbonyl (C=O) groups excluding carboxylic acids is 1. The molecule has 152 valence electrons. The Morgan fingerprint density at radius 2 is 1.72 bits per heavy atom. The lowest BCUT2D eigenvalue weighted by molar-refractivity contribution is -0.131. The summed E-state index contributed by atoms with van der Waals surface area (Å²) in [6.07, 6.45) is 0.0113. The summed E-state index contributed by atoms with van der Waals surface area (Å²) in [7, 11) is -3.45. The van der Waals surface area contributed by atoms with Gasteiger partial charge in [0, 0.05) is 32.6 Å². The minimum Gasteiger partial charge on any atom is -0.345 e. The van der Waals surface area contributed by atoms with Gasteiger partial charge in [0.1, 0.15) is 0 Å². The second-order valence-corrected chi connectivity index (χ2v) is 10.3. The number of rotatable bonds is 5. The summed E-state index contributed by atoms with van der Waals surface area (Å²) in [6.45, 7) is 4.49. The maximum Gasteiger partial charge on any atom is 0.223 e. The molecule has 0 spiro atoms. The zero-order chi connectivity index (χ0) is 20.4. The van der Waals surface area contributed by atoms with E-state index in [1.54, 1.807) is 40.5 Å². The predicted octanol–water partition coefficient (Wildman–Crippen LogP) is 3.12. The van der Waals surface area contributed by atoms with Crippen LogP contribution in [0.4, 0.5) is 5.13 Å². The second-order valence-electron chi connectivity index (χ2n) is 7.21. The number of anilines is 1. The van der Waals surface area contributed by atoms with Crippen LogP contribution in [0.15, 0.2) is 53.4 Å². The zero-order valence-electron chi connectivity index (χ0n) is 16.2. The van der Waals surface area contributed by atoms with Crippen LogP contribution in [0.1, 0.15) is 12.0 Å². The highest BCUT2D eigenvalue weighted by molar-refractivity contribution is 7.91. The van der Waals surface area contributed by atoms with Gasteiger partial charge in [0.15, 0.2) is 15.0 Å². The minimum absolute atomic E-state index is 0.0113. The maximum atomic E-state index is 12.5. The van der Waals surface area contributed by atoms with Gasteiger partial charge in [-0.1, -0.05) is 41.2 Å². The van der Waals surface area contributed by atoms with Crippen molar-refractivity contribution in [2.45, 2.75) is 18.2 Å². The number of hydrogen-bond acceptors (Lipinski definition) is 6. The number of fused-ring (bicyclic) bond motifs is 1. The maximum absolute atomic E-state index is 12.5. The molecule has 2 aromatic carbocycles. The summed E-state index contributed by atoms with van der Waals surface area (Å²) in [5.41, 5.74) is 2.00. The Morgan fingerprint density at radius 1 is 1.03 bits per heavy atom. The van der Waals surface area contributed by atoms with Crippen molar-refractivity contribution in [2.24, 2.45) is 0 Å². The van der Waals surface area contributed by atoms with Crippen molar-refractivity contribution in [3.63, 3.8) is 0 Å². The van der Waals surface area contributed by atoms with E-state index in [0.717, 1.165) is 20.9 Å². The Hall–Kier alpha value is -2.45. The summed E-state index contributed by atoms with van der Waals surface area (Å²) in [5.74, 6) is -0.267. The Labute approximate surface area is 174 Å². The van der Waals surface area contributed by atoms with E-state index in [9.17, 15) is 13.2 Å². The van der Waals surface area contributed by atoms with Gasteiger partial charge in [-0.15, -0.1) is 0 Å². The molecule has 0 aliphatic carbocycles. The van der Waals surface area contributed by atoms with E-state index < -0.39 is 9.84 Å². The number of aryl methyl sites for hydroxylation is 1. The Balaban J connectivity index is 1.32. The van der Waals surface area contributed by atoms with Crippen molar-refractivity contribution in [3.05, 3.63) is 54.1 Å². The van der Waals surface area contributed by atoms with Crippen LogP contribution >= 0.6 is 11.3 Å². The van der Waals surface area contributed by atoms with Gasteiger partial charge in [-0.2, -0.15) is 0 Å². The quantitative estimate of drug-likeness (QED) is 0.623. The Bertz CT molecular complexity index is 1080. The largest absolute Gasteiger partial charge is 0.345 e. The first-order valence-electron chi connectivity index (χ1n) is 9.60. The van der Waals surface area contributed by atoms with E-state index in [1.807, 2.05) is 25.1 Å². The summed E-state index contributed by atoms with van der Waals surface area (Å²) < 4.78 is 26.1. The van der Waals surface area contributed by atoms with Crippen molar-refractivity contribution in [1.82, 2.24) is 9.88 Å². The van der Waals surface area contributed by atoms with Gasteiger partial charge in [-0.05, 0) is 31.2 Å². The van der Waals surface area contributed by atoms with Crippen LogP contribution in [0.3, 0.4) is 0 Å². The fourth-order valence-corrected chi connectivity index (χ4v) is 5.63. The number of nitrogens with zero attached hydrogens (tertiary/aromatic N) is 3. The van der Waals surface area contributed by atoms with Crippen molar-refractivity contribution in [2.75, 3.05) is 36.8 Å². The van der Waals surface area contributed by atoms with Crippen molar-refractivity contribution in [1.29, 1.82) is 0 Å². The smallest absolute Gasteiger partial charge is 0.223 e. The lowest BCUT2D eigenvalue weighted by atomic mass is 10.2. The molecular weight excluding hydrogens is 406 g/mol. The van der Waals surface area contributed by atoms with E-state index in [1.165, 1.54) is 0 Å². The zero-order valence-corrected chi connectivity index (χ0v) is 17.9. The molecule has 0 atom stereocenters. The molecule has 1 fully saturated rings. The molecule has 0 bridgehead atoms. The van der Waals surface area contributed by atoms with Crippen LogP contribution in [-0.2, 0) is 14.6 Å². The molecule has 1 amide bonds. The number of aromatic nitrogens is 1. The molecule has 0 saturated carbocycles. The van der Waals surface area contributed by atoms with E-state index in [2.05, 4.69) is 16.0 Å². The molecule has 0 radical (unpaired) electrons. The van der Waals surface area contributed by atoms with Crippen LogP contribution < -0.4 is 4.90 Å². The molecule has 1 aliphatic heterocycles. The van der Waals surface area contributed by atoms with E-state index in [-0.39, 0.29) is 23.0 Å². The van der Waals surface area contributed by atoms with Crippen molar-refractivity contribution < 1.29 is 13.2 Å². The van der Waals surface area contributed by atoms with Gasteiger partial charge in [0.05, 0.1) is 20.9 Å². The lowest BCUT2D eigenvalue weighted by Crippen LogP contribution is -2.49. The summed E-state index contributed by atoms with van der Waals surface area (Å²) in [6, 6.07) is 14.8. The number of benzene rings is 2. The number of piperazine rings is 1. The summed E-state index contributed by atoms with van der Waals surface area (Å²) >= 11 is 1.66. The molecule has 0 unspecified atom stereocenters. The highest BCUT2D eigenvalue weighted by Gasteiger charge is 2.24. The number of hydrogen-bond donors (Lipinski definition) is 0. The standard InChI is InChI=1S/C21H23N3O3S2/c1-16-6-8-17(9-7-16)29(26,27)15-10-20(25)23-11-13-24(14-12-23)21-22-18-4-2-3-5-19(18)28-21/h2-9H,10-15H2,1H3. The first-order chi connectivity index (χ1) is 13.9. The predicted molar refractivity (Wildman–Crippen MR) is 116 cm³/mol. The van der Waals surface area contributed by atoms with Gasteiger partial charge in [0.2, 0.25) is 5.91 Å². The van der Waals surface area contributed by atoms with Crippen LogP contribution in [0.25, 0.3) is 10.2 Å². The number of thiazole rings is 1. The molecule has 1 saturated heterocycles. The van der Waals surface area contributed by atoms with Crippen LogP contribution in [-0.4, -0.2) is 56.1 Å². The first kappa shape index (κ1) is 19.8. The Kier molecular flexibility index (Phi) is 5.56. The van der Waals surface area contributed by atoms with Crippen LogP contribution in [0.5, 0.6) is 0 Å². The monoisotopic (exact) mass is 429 g/mol. The normalized spacial score (nSPS) is 15.1. The molecule has 1 aromatic heterocycles. The highest BCUT2D eigenvalue weighted by atomic mass is 32.2. The number of sulfone groups is 1. The molecule has 4 rings (SSSR count). The van der Waals surface area contributed by atoms with Gasteiger partial charge >= 0.3 is 0 Å². The minimum atomic E-state index is -3.45. The number of amides is 1. The van der Waals surface area contributed by atoms with Crippen LogP contribution in [0, 0.1) is 6.92 Å². The van der Waals surface area contributed by atoms with Crippen molar-refractivity contribution >= 4 is 42.4 Å². The molecule has 8 heteroatoms. The highest BCUT2D eigenvalue weighted by Crippen LogP contribution is 2.29. The third-order valence-corrected chi connectivity index (χ3v) is 7.98. The number of carbonyl (C=O) groups is 1. The second kappa shape index (κ2) is 8.12. The molecule has 29 heavy (non-hydrogen) atoms. The van der Waals surface area contributed by atoms with Gasteiger partial charge in [-0.3, -0.25) is 4.79 Å². The average Bonchev–Trinajstić information content (AvgIpc) is 3.17. The first-order valence-corrected chi connectivity index (χ1v) is 12.1. The number of para-hydroxylation sites is 1.